The molecule has 0 N–H and O–H groups in total. The second-order valence-electron chi connectivity index (χ2n) is 2.48. The Bertz CT molecular complexity index is 497. The van der Waals surface area contributed by atoms with Gasteiger partial charge in [0.25, 0.3) is 5.24 Å². The van der Waals surface area contributed by atoms with Gasteiger partial charge in [0.05, 0.1) is 15.8 Å². The number of carbonyl (C=O) groups excluding carboxylic acids is 1. The molecule has 0 bridgehead atoms. The number of aromatic nitrogens is 2. The zero-order valence-electron chi connectivity index (χ0n) is 7.15. The van der Waals surface area contributed by atoms with Crippen LogP contribution >= 0.6 is 34.7 Å². The second-order valence-corrected chi connectivity index (χ2v) is 4.50. The second kappa shape index (κ2) is 3.84. The van der Waals surface area contributed by atoms with Crippen LogP contribution in [0.1, 0.15) is 10.4 Å². The standard InChI is InChI=1S/C8H5ClN2OS2/c1-13-8-6-5(10-3-11-8)4(2-14-6)7(9)12/h2-3H,1H3. The predicted molar refractivity (Wildman–Crippen MR) is 59.4 cm³/mol. The maximum atomic E-state index is 11.0. The van der Waals surface area contributed by atoms with Gasteiger partial charge in [0.2, 0.25) is 0 Å². The van der Waals surface area contributed by atoms with Crippen molar-refractivity contribution in [1.29, 1.82) is 0 Å². The first-order valence-electron chi connectivity index (χ1n) is 3.70. The van der Waals surface area contributed by atoms with Crippen LogP contribution in [0.15, 0.2) is 16.7 Å². The Balaban J connectivity index is 2.75. The number of thioether (sulfide) groups is 1. The highest BCUT2D eigenvalue weighted by Crippen LogP contribution is 2.31. The summed E-state index contributed by atoms with van der Waals surface area (Å²) in [6.07, 6.45) is 3.38. The normalized spacial score (nSPS) is 10.7. The Morgan fingerprint density at radius 3 is 3.00 bits per heavy atom. The molecule has 0 saturated heterocycles. The Labute approximate surface area is 93.5 Å². The van der Waals surface area contributed by atoms with E-state index < -0.39 is 5.24 Å². The summed E-state index contributed by atoms with van der Waals surface area (Å²) in [5.74, 6) is 0. The highest BCUT2D eigenvalue weighted by atomic mass is 35.5. The lowest BCUT2D eigenvalue weighted by Gasteiger charge is -1.95. The highest BCUT2D eigenvalue weighted by molar-refractivity contribution is 7.98. The number of halogens is 1. The summed E-state index contributed by atoms with van der Waals surface area (Å²) < 4.78 is 0.920. The van der Waals surface area contributed by atoms with Gasteiger partial charge >= 0.3 is 0 Å². The smallest absolute Gasteiger partial charge is 0.255 e. The predicted octanol–water partition coefficient (Wildman–Crippen LogP) is 2.79. The summed E-state index contributed by atoms with van der Waals surface area (Å²) in [5, 5.41) is 2.13. The fraction of sp³-hybridized carbons (Fsp3) is 0.125. The number of hydrogen-bond donors (Lipinski definition) is 0. The first kappa shape index (κ1) is 9.89. The Kier molecular flexibility index (Phi) is 2.71. The molecule has 0 atom stereocenters. The van der Waals surface area contributed by atoms with Crippen LogP contribution in [0, 0.1) is 0 Å². The van der Waals surface area contributed by atoms with E-state index in [1.807, 2.05) is 6.26 Å². The zero-order valence-corrected chi connectivity index (χ0v) is 9.54. The molecule has 3 nitrogen and oxygen atoms in total. The maximum absolute atomic E-state index is 11.0. The van der Waals surface area contributed by atoms with Gasteiger partial charge in [-0.3, -0.25) is 4.79 Å². The number of rotatable bonds is 2. The number of thiophene rings is 1. The Hall–Kier alpha value is -0.650. The Morgan fingerprint density at radius 1 is 1.57 bits per heavy atom. The van der Waals surface area contributed by atoms with E-state index in [1.165, 1.54) is 29.4 Å². The summed E-state index contributed by atoms with van der Waals surface area (Å²) in [6.45, 7) is 0. The summed E-state index contributed by atoms with van der Waals surface area (Å²) in [6, 6.07) is 0. The third-order valence-electron chi connectivity index (χ3n) is 1.73. The lowest BCUT2D eigenvalue weighted by Crippen LogP contribution is -1.89. The van der Waals surface area contributed by atoms with Crippen LogP contribution in [0.5, 0.6) is 0 Å². The van der Waals surface area contributed by atoms with Crippen molar-refractivity contribution in [2.24, 2.45) is 0 Å². The number of hydrogen-bond acceptors (Lipinski definition) is 5. The number of fused-ring (bicyclic) bond motifs is 1. The maximum Gasteiger partial charge on any atom is 0.255 e. The van der Waals surface area contributed by atoms with E-state index in [2.05, 4.69) is 9.97 Å². The van der Waals surface area contributed by atoms with Crippen molar-refractivity contribution in [2.75, 3.05) is 6.26 Å². The number of carbonyl (C=O) groups is 1. The van der Waals surface area contributed by atoms with Crippen LogP contribution in [0.4, 0.5) is 0 Å². The van der Waals surface area contributed by atoms with Gasteiger partial charge in [-0.1, -0.05) is 0 Å². The molecule has 0 amide bonds. The fourth-order valence-corrected chi connectivity index (χ4v) is 3.03. The number of nitrogens with zero attached hydrogens (tertiary/aromatic N) is 2. The van der Waals surface area contributed by atoms with Gasteiger partial charge in [-0.25, -0.2) is 9.97 Å². The van der Waals surface area contributed by atoms with Crippen molar-refractivity contribution in [2.45, 2.75) is 5.03 Å². The summed E-state index contributed by atoms with van der Waals surface area (Å²) in [7, 11) is 0. The first-order valence-corrected chi connectivity index (χ1v) is 6.18. The molecule has 2 rings (SSSR count). The average Bonchev–Trinajstić information content (AvgIpc) is 2.60. The van der Waals surface area contributed by atoms with Crippen LogP contribution in [0.25, 0.3) is 10.2 Å². The fourth-order valence-electron chi connectivity index (χ4n) is 1.11. The van der Waals surface area contributed by atoms with E-state index in [1.54, 1.807) is 5.38 Å². The van der Waals surface area contributed by atoms with Crippen molar-refractivity contribution in [3.05, 3.63) is 17.3 Å². The Morgan fingerprint density at radius 2 is 2.36 bits per heavy atom. The molecule has 0 aromatic carbocycles. The van der Waals surface area contributed by atoms with Gasteiger partial charge in [-0.05, 0) is 17.9 Å². The summed E-state index contributed by atoms with van der Waals surface area (Å²) in [4.78, 5) is 19.2. The minimum atomic E-state index is -0.470. The van der Waals surface area contributed by atoms with Gasteiger partial charge in [0.1, 0.15) is 11.4 Å². The SMILES string of the molecule is CSc1ncnc2c(C(=O)Cl)csc12. The van der Waals surface area contributed by atoms with E-state index in [0.717, 1.165) is 9.73 Å². The van der Waals surface area contributed by atoms with Crippen molar-refractivity contribution in [3.8, 4) is 0 Å². The molecule has 2 aromatic rings. The van der Waals surface area contributed by atoms with Crippen LogP contribution in [0.3, 0.4) is 0 Å². The molecule has 6 heteroatoms. The van der Waals surface area contributed by atoms with Gasteiger partial charge in [0.15, 0.2) is 0 Å². The topological polar surface area (TPSA) is 42.9 Å². The summed E-state index contributed by atoms with van der Waals surface area (Å²) >= 11 is 8.39. The molecule has 0 aliphatic carbocycles. The van der Waals surface area contributed by atoms with Crippen LogP contribution in [0.2, 0.25) is 0 Å². The molecule has 14 heavy (non-hydrogen) atoms. The van der Waals surface area contributed by atoms with Crippen LogP contribution in [-0.2, 0) is 0 Å². The lowest BCUT2D eigenvalue weighted by atomic mass is 10.3. The molecule has 2 aromatic heterocycles. The van der Waals surface area contributed by atoms with E-state index in [0.29, 0.717) is 11.1 Å². The monoisotopic (exact) mass is 244 g/mol. The molecule has 0 spiro atoms. The molecule has 72 valence electrons. The minimum absolute atomic E-state index is 0.462. The molecular formula is C8H5ClN2OS2. The van der Waals surface area contributed by atoms with Crippen molar-refractivity contribution in [3.63, 3.8) is 0 Å². The third kappa shape index (κ3) is 1.51. The van der Waals surface area contributed by atoms with Crippen molar-refractivity contribution in [1.82, 2.24) is 9.97 Å². The van der Waals surface area contributed by atoms with Gasteiger partial charge in [0, 0.05) is 5.38 Å². The molecule has 0 fully saturated rings. The van der Waals surface area contributed by atoms with Crippen LogP contribution in [-0.4, -0.2) is 21.5 Å². The third-order valence-corrected chi connectivity index (χ3v) is 3.73. The van der Waals surface area contributed by atoms with Crippen LogP contribution < -0.4 is 0 Å². The van der Waals surface area contributed by atoms with Gasteiger partial charge in [-0.2, -0.15) is 0 Å². The zero-order chi connectivity index (χ0) is 10.1. The van der Waals surface area contributed by atoms with Crippen molar-refractivity contribution >= 4 is 50.2 Å². The molecule has 0 unspecified atom stereocenters. The first-order chi connectivity index (χ1) is 6.74. The molecule has 0 radical (unpaired) electrons. The molecule has 2 heterocycles. The van der Waals surface area contributed by atoms with E-state index in [9.17, 15) is 4.79 Å². The highest BCUT2D eigenvalue weighted by Gasteiger charge is 2.13. The molecule has 0 saturated carbocycles. The largest absolute Gasteiger partial charge is 0.275 e. The quantitative estimate of drug-likeness (QED) is 0.463. The molecule has 0 aliphatic heterocycles. The van der Waals surface area contributed by atoms with Gasteiger partial charge < -0.3 is 0 Å². The summed E-state index contributed by atoms with van der Waals surface area (Å²) in [5.41, 5.74) is 1.11. The van der Waals surface area contributed by atoms with E-state index in [4.69, 9.17) is 11.6 Å². The van der Waals surface area contributed by atoms with Crippen molar-refractivity contribution < 1.29 is 4.79 Å². The van der Waals surface area contributed by atoms with Gasteiger partial charge in [-0.15, -0.1) is 23.1 Å². The average molecular weight is 245 g/mol. The molecular weight excluding hydrogens is 240 g/mol. The van der Waals surface area contributed by atoms with E-state index >= 15 is 0 Å². The van der Waals surface area contributed by atoms with E-state index in [-0.39, 0.29) is 0 Å². The lowest BCUT2D eigenvalue weighted by molar-refractivity contribution is 0.108. The minimum Gasteiger partial charge on any atom is -0.275 e. The molecule has 0 aliphatic rings.